The number of amides is 2. The van der Waals surface area contributed by atoms with Gasteiger partial charge in [0.05, 0.1) is 0 Å². The zero-order valence-electron chi connectivity index (χ0n) is 13.2. The Bertz CT molecular complexity index is 796. The van der Waals surface area contributed by atoms with E-state index in [1.807, 2.05) is 6.92 Å². The van der Waals surface area contributed by atoms with Gasteiger partial charge in [-0.15, -0.1) is 0 Å². The van der Waals surface area contributed by atoms with Crippen molar-refractivity contribution in [2.75, 3.05) is 10.6 Å². The molecule has 0 aromatic heterocycles. The summed E-state index contributed by atoms with van der Waals surface area (Å²) < 4.78 is 0. The molecule has 0 spiro atoms. The number of rotatable bonds is 4. The molecule has 0 unspecified atom stereocenters. The molecule has 0 saturated heterocycles. The molecule has 2 N–H and O–H groups in total. The fourth-order valence-corrected chi connectivity index (χ4v) is 2.66. The van der Waals surface area contributed by atoms with Gasteiger partial charge < -0.3 is 10.6 Å². The van der Waals surface area contributed by atoms with Crippen molar-refractivity contribution >= 4 is 52.5 Å². The number of carbonyl (C=O) groups is 2. The Morgan fingerprint density at radius 1 is 1.00 bits per heavy atom. The number of benzene rings is 2. The highest BCUT2D eigenvalue weighted by Gasteiger charge is 2.07. The van der Waals surface area contributed by atoms with E-state index in [1.54, 1.807) is 42.5 Å². The van der Waals surface area contributed by atoms with E-state index in [0.29, 0.717) is 21.4 Å². The van der Waals surface area contributed by atoms with Crippen LogP contribution in [0.2, 0.25) is 10.0 Å². The number of carbonyl (C=O) groups excluding carboxylic acids is 2. The quantitative estimate of drug-likeness (QED) is 0.758. The molecule has 24 heavy (non-hydrogen) atoms. The molecule has 2 aromatic carbocycles. The summed E-state index contributed by atoms with van der Waals surface area (Å²) in [7, 11) is 0. The van der Waals surface area contributed by atoms with Crippen LogP contribution in [-0.4, -0.2) is 11.8 Å². The number of anilines is 2. The van der Waals surface area contributed by atoms with Crippen molar-refractivity contribution in [3.05, 3.63) is 63.6 Å². The molecule has 0 bridgehead atoms. The second kappa shape index (κ2) is 7.99. The summed E-state index contributed by atoms with van der Waals surface area (Å²) in [5.41, 5.74) is 2.79. The molecule has 0 aliphatic rings. The lowest BCUT2D eigenvalue weighted by Gasteiger charge is -2.11. The Hall–Kier alpha value is -2.30. The molecule has 6 heteroatoms. The monoisotopic (exact) mass is 362 g/mol. The molecule has 0 radical (unpaired) electrons. The van der Waals surface area contributed by atoms with E-state index in [9.17, 15) is 9.59 Å². The maximum absolute atomic E-state index is 12.1. The molecule has 0 aliphatic carbocycles. The molecule has 2 rings (SSSR count). The van der Waals surface area contributed by atoms with Crippen molar-refractivity contribution in [3.8, 4) is 0 Å². The van der Waals surface area contributed by atoms with Crippen LogP contribution in [0, 0.1) is 6.92 Å². The van der Waals surface area contributed by atoms with Crippen molar-refractivity contribution in [2.24, 2.45) is 0 Å². The molecular weight excluding hydrogens is 347 g/mol. The topological polar surface area (TPSA) is 58.2 Å². The summed E-state index contributed by atoms with van der Waals surface area (Å²) in [6.45, 7) is 3.25. The van der Waals surface area contributed by atoms with Crippen LogP contribution in [0.4, 0.5) is 11.4 Å². The molecule has 0 heterocycles. The number of hydrogen-bond donors (Lipinski definition) is 2. The predicted molar refractivity (Wildman–Crippen MR) is 99.6 cm³/mol. The lowest BCUT2D eigenvalue weighted by Crippen LogP contribution is -2.12. The third kappa shape index (κ3) is 5.11. The standard InChI is InChI=1S/C18H16Cl2N2O2/c1-11-16(21-12(2)23)4-3-5-17(11)22-18(24)7-6-13-8-14(19)10-15(20)9-13/h3-10H,1-2H3,(H,21,23)(H,22,24)/b7-6+. The second-order valence-corrected chi connectivity index (χ2v) is 6.06. The number of halogens is 2. The first kappa shape index (κ1) is 18.0. The number of nitrogens with one attached hydrogen (secondary N) is 2. The third-order valence-corrected chi connectivity index (χ3v) is 3.65. The highest BCUT2D eigenvalue weighted by atomic mass is 35.5. The van der Waals surface area contributed by atoms with E-state index in [4.69, 9.17) is 23.2 Å². The second-order valence-electron chi connectivity index (χ2n) is 5.18. The van der Waals surface area contributed by atoms with Gasteiger partial charge in [-0.3, -0.25) is 9.59 Å². The highest BCUT2D eigenvalue weighted by Crippen LogP contribution is 2.23. The van der Waals surface area contributed by atoms with Crippen molar-refractivity contribution in [3.63, 3.8) is 0 Å². The van der Waals surface area contributed by atoms with Crippen molar-refractivity contribution in [1.82, 2.24) is 0 Å². The van der Waals surface area contributed by atoms with Gasteiger partial charge in [0.2, 0.25) is 11.8 Å². The minimum absolute atomic E-state index is 0.167. The largest absolute Gasteiger partial charge is 0.326 e. The van der Waals surface area contributed by atoms with Crippen molar-refractivity contribution < 1.29 is 9.59 Å². The first-order valence-electron chi connectivity index (χ1n) is 7.17. The molecule has 0 fully saturated rings. The summed E-state index contributed by atoms with van der Waals surface area (Å²) in [6.07, 6.45) is 3.02. The van der Waals surface area contributed by atoms with E-state index >= 15 is 0 Å². The first-order chi connectivity index (χ1) is 11.3. The van der Waals surface area contributed by atoms with Crippen LogP contribution in [-0.2, 0) is 9.59 Å². The van der Waals surface area contributed by atoms with Gasteiger partial charge >= 0.3 is 0 Å². The molecule has 2 amide bonds. The van der Waals surface area contributed by atoms with Crippen LogP contribution >= 0.6 is 23.2 Å². The molecule has 0 atom stereocenters. The van der Waals surface area contributed by atoms with Crippen LogP contribution in [0.3, 0.4) is 0 Å². The van der Waals surface area contributed by atoms with Crippen LogP contribution in [0.1, 0.15) is 18.1 Å². The SMILES string of the molecule is CC(=O)Nc1cccc(NC(=O)/C=C/c2cc(Cl)cc(Cl)c2)c1C. The van der Waals surface area contributed by atoms with Crippen molar-refractivity contribution in [2.45, 2.75) is 13.8 Å². The van der Waals surface area contributed by atoms with E-state index in [0.717, 1.165) is 11.1 Å². The Kier molecular flexibility index (Phi) is 6.01. The summed E-state index contributed by atoms with van der Waals surface area (Å²) in [6, 6.07) is 10.3. The third-order valence-electron chi connectivity index (χ3n) is 3.21. The Balaban J connectivity index is 2.12. The summed E-state index contributed by atoms with van der Waals surface area (Å²) >= 11 is 11.8. The zero-order chi connectivity index (χ0) is 17.7. The van der Waals surface area contributed by atoms with E-state index < -0.39 is 0 Å². The minimum atomic E-state index is -0.297. The normalized spacial score (nSPS) is 10.7. The summed E-state index contributed by atoms with van der Waals surface area (Å²) in [4.78, 5) is 23.3. The fourth-order valence-electron chi connectivity index (χ4n) is 2.11. The van der Waals surface area contributed by atoms with Gasteiger partial charge in [-0.05, 0) is 54.5 Å². The predicted octanol–water partition coefficient (Wildman–Crippen LogP) is 4.91. The lowest BCUT2D eigenvalue weighted by atomic mass is 10.1. The van der Waals surface area contributed by atoms with E-state index in [1.165, 1.54) is 13.0 Å². The Morgan fingerprint density at radius 3 is 2.17 bits per heavy atom. The Labute approximate surface area is 150 Å². The maximum atomic E-state index is 12.1. The molecule has 4 nitrogen and oxygen atoms in total. The van der Waals surface area contributed by atoms with Crippen LogP contribution < -0.4 is 10.6 Å². The van der Waals surface area contributed by atoms with Crippen LogP contribution in [0.5, 0.6) is 0 Å². The average molecular weight is 363 g/mol. The molecular formula is C18H16Cl2N2O2. The fraction of sp³-hybridized carbons (Fsp3) is 0.111. The smallest absolute Gasteiger partial charge is 0.248 e. The van der Waals surface area contributed by atoms with E-state index in [2.05, 4.69) is 10.6 Å². The van der Waals surface area contributed by atoms with Gasteiger partial charge in [0.25, 0.3) is 0 Å². The summed E-state index contributed by atoms with van der Waals surface area (Å²) in [5, 5.41) is 6.50. The highest BCUT2D eigenvalue weighted by molar-refractivity contribution is 6.34. The lowest BCUT2D eigenvalue weighted by molar-refractivity contribution is -0.114. The van der Waals surface area contributed by atoms with Crippen molar-refractivity contribution in [1.29, 1.82) is 0 Å². The van der Waals surface area contributed by atoms with Gasteiger partial charge in [0.1, 0.15) is 0 Å². The van der Waals surface area contributed by atoms with Crippen LogP contribution in [0.15, 0.2) is 42.5 Å². The number of hydrogen-bond acceptors (Lipinski definition) is 2. The average Bonchev–Trinajstić information content (AvgIpc) is 2.48. The molecule has 124 valence electrons. The van der Waals surface area contributed by atoms with Crippen LogP contribution in [0.25, 0.3) is 6.08 Å². The maximum Gasteiger partial charge on any atom is 0.248 e. The van der Waals surface area contributed by atoms with E-state index in [-0.39, 0.29) is 11.8 Å². The minimum Gasteiger partial charge on any atom is -0.326 e. The molecule has 2 aromatic rings. The van der Waals surface area contributed by atoms with Gasteiger partial charge in [0.15, 0.2) is 0 Å². The van der Waals surface area contributed by atoms with Gasteiger partial charge in [-0.2, -0.15) is 0 Å². The molecule has 0 saturated carbocycles. The van der Waals surface area contributed by atoms with Gasteiger partial charge in [0, 0.05) is 34.4 Å². The van der Waals surface area contributed by atoms with Gasteiger partial charge in [-0.25, -0.2) is 0 Å². The summed E-state index contributed by atoms with van der Waals surface area (Å²) in [5.74, 6) is -0.464. The molecule has 0 aliphatic heterocycles. The van der Waals surface area contributed by atoms with Gasteiger partial charge in [-0.1, -0.05) is 29.3 Å². The first-order valence-corrected chi connectivity index (χ1v) is 7.93. The zero-order valence-corrected chi connectivity index (χ0v) is 14.7. The Morgan fingerprint density at radius 2 is 1.58 bits per heavy atom.